The fourth-order valence-electron chi connectivity index (χ4n) is 2.71. The zero-order chi connectivity index (χ0) is 20.3. The Hall–Kier alpha value is -2.90. The van der Waals surface area contributed by atoms with Crippen molar-refractivity contribution in [3.8, 4) is 0 Å². The highest BCUT2D eigenvalue weighted by Crippen LogP contribution is 2.28. The molecule has 6 nitrogen and oxygen atoms in total. The van der Waals surface area contributed by atoms with Gasteiger partial charge in [0.1, 0.15) is 5.82 Å². The van der Waals surface area contributed by atoms with E-state index in [9.17, 15) is 13.2 Å². The smallest absolute Gasteiger partial charge is 0.335 e. The summed E-state index contributed by atoms with van der Waals surface area (Å²) in [7, 11) is -4.00. The zero-order valence-corrected chi connectivity index (χ0v) is 16.5. The number of nitrogens with zero attached hydrogens (tertiary/aromatic N) is 2. The first-order valence-electron chi connectivity index (χ1n) is 8.31. The third-order valence-electron chi connectivity index (χ3n) is 4.11. The number of hydrogen-bond donors (Lipinski definition) is 1. The number of benzene rings is 2. The summed E-state index contributed by atoms with van der Waals surface area (Å²) in [5.41, 5.74) is 1.40. The second-order valence-electron chi connectivity index (χ2n) is 6.12. The Balaban J connectivity index is 2.10. The third kappa shape index (κ3) is 4.16. The molecule has 2 aromatic carbocycles. The van der Waals surface area contributed by atoms with Gasteiger partial charge in [-0.25, -0.2) is 22.5 Å². The van der Waals surface area contributed by atoms with Gasteiger partial charge in [0.2, 0.25) is 0 Å². The lowest BCUT2D eigenvalue weighted by molar-refractivity contribution is 0.0696. The molecule has 0 aliphatic carbocycles. The molecule has 0 aliphatic rings. The standard InChI is InChI=1S/C20H17ClN2O4S/c1-14-11-17(21)12-22-19(14)23(13-15-5-3-2-4-6-15)28(26,27)18-9-7-16(8-10-18)20(24)25/h2-12H,13H2,1H3,(H,24,25). The summed E-state index contributed by atoms with van der Waals surface area (Å²) in [6.07, 6.45) is 1.39. The van der Waals surface area contributed by atoms with Crippen LogP contribution in [0.4, 0.5) is 5.82 Å². The fourth-order valence-corrected chi connectivity index (χ4v) is 4.40. The highest BCUT2D eigenvalue weighted by molar-refractivity contribution is 7.92. The van der Waals surface area contributed by atoms with Crippen LogP contribution in [0.3, 0.4) is 0 Å². The summed E-state index contributed by atoms with van der Waals surface area (Å²) in [6, 6.07) is 15.9. The van der Waals surface area contributed by atoms with E-state index in [0.29, 0.717) is 10.6 Å². The van der Waals surface area contributed by atoms with E-state index in [4.69, 9.17) is 16.7 Å². The van der Waals surface area contributed by atoms with Gasteiger partial charge in [0.05, 0.1) is 22.0 Å². The van der Waals surface area contributed by atoms with Crippen LogP contribution >= 0.6 is 11.6 Å². The van der Waals surface area contributed by atoms with Crippen molar-refractivity contribution in [2.45, 2.75) is 18.4 Å². The summed E-state index contributed by atoms with van der Waals surface area (Å²) in [4.78, 5) is 15.3. The highest BCUT2D eigenvalue weighted by atomic mass is 35.5. The van der Waals surface area contributed by atoms with E-state index in [1.54, 1.807) is 13.0 Å². The molecule has 8 heteroatoms. The maximum absolute atomic E-state index is 13.4. The van der Waals surface area contributed by atoms with Gasteiger partial charge < -0.3 is 5.11 Å². The minimum atomic E-state index is -4.00. The van der Waals surface area contributed by atoms with Crippen LogP contribution in [0.2, 0.25) is 5.02 Å². The summed E-state index contributed by atoms with van der Waals surface area (Å²) in [6.45, 7) is 1.80. The molecule has 0 saturated carbocycles. The van der Waals surface area contributed by atoms with E-state index in [1.807, 2.05) is 30.3 Å². The number of sulfonamides is 1. The highest BCUT2D eigenvalue weighted by Gasteiger charge is 2.27. The number of anilines is 1. The number of carboxylic acid groups (broad SMARTS) is 1. The van der Waals surface area contributed by atoms with Crippen molar-refractivity contribution in [3.05, 3.63) is 88.6 Å². The zero-order valence-electron chi connectivity index (χ0n) is 14.9. The largest absolute Gasteiger partial charge is 0.478 e. The Bertz CT molecular complexity index is 1100. The third-order valence-corrected chi connectivity index (χ3v) is 6.07. The molecule has 0 unspecified atom stereocenters. The van der Waals surface area contributed by atoms with Crippen molar-refractivity contribution in [1.82, 2.24) is 4.98 Å². The number of rotatable bonds is 6. The Morgan fingerprint density at radius 2 is 1.75 bits per heavy atom. The van der Waals surface area contributed by atoms with Gasteiger partial charge in [0, 0.05) is 6.20 Å². The molecule has 1 aromatic heterocycles. The van der Waals surface area contributed by atoms with Gasteiger partial charge >= 0.3 is 5.97 Å². The number of pyridine rings is 1. The molecule has 3 aromatic rings. The lowest BCUT2D eigenvalue weighted by Gasteiger charge is -2.25. The molecule has 3 rings (SSSR count). The van der Waals surface area contributed by atoms with Crippen LogP contribution in [-0.2, 0) is 16.6 Å². The molecule has 28 heavy (non-hydrogen) atoms. The van der Waals surface area contributed by atoms with Crippen LogP contribution < -0.4 is 4.31 Å². The van der Waals surface area contributed by atoms with Crippen molar-refractivity contribution in [2.75, 3.05) is 4.31 Å². The number of carbonyl (C=O) groups is 1. The Morgan fingerprint density at radius 3 is 2.32 bits per heavy atom. The van der Waals surface area contributed by atoms with Gasteiger partial charge in [-0.15, -0.1) is 0 Å². The number of aromatic nitrogens is 1. The summed E-state index contributed by atoms with van der Waals surface area (Å²) in [5.74, 6) is -0.865. The molecular formula is C20H17ClN2O4S. The predicted octanol–water partition coefficient (Wildman–Crippen LogP) is 4.14. The van der Waals surface area contributed by atoms with Crippen LogP contribution in [-0.4, -0.2) is 24.5 Å². The lowest BCUT2D eigenvalue weighted by Crippen LogP contribution is -2.32. The van der Waals surface area contributed by atoms with Crippen LogP contribution in [0, 0.1) is 6.92 Å². The van der Waals surface area contributed by atoms with E-state index in [-0.39, 0.29) is 22.8 Å². The van der Waals surface area contributed by atoms with Crippen LogP contribution in [0.1, 0.15) is 21.5 Å². The van der Waals surface area contributed by atoms with Gasteiger partial charge in [0.15, 0.2) is 0 Å². The molecule has 0 aliphatic heterocycles. The van der Waals surface area contributed by atoms with E-state index in [0.717, 1.165) is 5.56 Å². The lowest BCUT2D eigenvalue weighted by atomic mass is 10.2. The van der Waals surface area contributed by atoms with Gasteiger partial charge in [-0.3, -0.25) is 0 Å². The first-order valence-corrected chi connectivity index (χ1v) is 10.1. The number of aryl methyl sites for hydroxylation is 1. The number of aromatic carboxylic acids is 1. The average molecular weight is 417 g/mol. The van der Waals surface area contributed by atoms with Crippen molar-refractivity contribution in [3.63, 3.8) is 0 Å². The summed E-state index contributed by atoms with van der Waals surface area (Å²) < 4.78 is 27.9. The minimum Gasteiger partial charge on any atom is -0.478 e. The fraction of sp³-hybridized carbons (Fsp3) is 0.100. The van der Waals surface area contributed by atoms with E-state index >= 15 is 0 Å². The monoisotopic (exact) mass is 416 g/mol. The van der Waals surface area contributed by atoms with Crippen LogP contribution in [0.5, 0.6) is 0 Å². The van der Waals surface area contributed by atoms with Gasteiger partial charge in [-0.2, -0.15) is 0 Å². The van der Waals surface area contributed by atoms with E-state index < -0.39 is 16.0 Å². The Labute approximate surface area is 168 Å². The molecule has 0 saturated heterocycles. The molecule has 0 spiro atoms. The van der Waals surface area contributed by atoms with Crippen molar-refractivity contribution in [1.29, 1.82) is 0 Å². The Morgan fingerprint density at radius 1 is 1.11 bits per heavy atom. The number of hydrogen-bond acceptors (Lipinski definition) is 4. The molecule has 0 fully saturated rings. The SMILES string of the molecule is Cc1cc(Cl)cnc1N(Cc1ccccc1)S(=O)(=O)c1ccc(C(=O)O)cc1. The predicted molar refractivity (Wildman–Crippen MR) is 107 cm³/mol. The van der Waals surface area contributed by atoms with Crippen LogP contribution in [0.25, 0.3) is 0 Å². The summed E-state index contributed by atoms with van der Waals surface area (Å²) in [5, 5.41) is 9.45. The van der Waals surface area contributed by atoms with Gasteiger partial charge in [-0.1, -0.05) is 41.9 Å². The first-order chi connectivity index (χ1) is 13.3. The second-order valence-corrected chi connectivity index (χ2v) is 8.42. The first kappa shape index (κ1) is 19.9. The minimum absolute atomic E-state index is 0.00866. The maximum atomic E-state index is 13.4. The Kier molecular flexibility index (Phi) is 5.67. The molecule has 0 bridgehead atoms. The van der Waals surface area contributed by atoms with Crippen LogP contribution in [0.15, 0.2) is 71.8 Å². The van der Waals surface area contributed by atoms with E-state index in [1.165, 1.54) is 34.8 Å². The molecule has 0 atom stereocenters. The molecular weight excluding hydrogens is 400 g/mol. The second kappa shape index (κ2) is 8.00. The number of carboxylic acids is 1. The van der Waals surface area contributed by atoms with Gasteiger partial charge in [-0.05, 0) is 48.4 Å². The molecule has 0 amide bonds. The number of halogens is 1. The maximum Gasteiger partial charge on any atom is 0.335 e. The van der Waals surface area contributed by atoms with Crippen molar-refractivity contribution >= 4 is 33.4 Å². The molecule has 144 valence electrons. The topological polar surface area (TPSA) is 87.6 Å². The van der Waals surface area contributed by atoms with Crippen molar-refractivity contribution in [2.24, 2.45) is 0 Å². The molecule has 0 radical (unpaired) electrons. The molecule has 1 heterocycles. The van der Waals surface area contributed by atoms with Crippen molar-refractivity contribution < 1.29 is 18.3 Å². The summed E-state index contributed by atoms with van der Waals surface area (Å²) >= 11 is 5.97. The van der Waals surface area contributed by atoms with Gasteiger partial charge in [0.25, 0.3) is 10.0 Å². The quantitative estimate of drug-likeness (QED) is 0.652. The molecule has 1 N–H and O–H groups in total. The average Bonchev–Trinajstić information content (AvgIpc) is 2.67. The normalized spacial score (nSPS) is 11.2. The van der Waals surface area contributed by atoms with E-state index in [2.05, 4.69) is 4.98 Å².